The molecule has 1 aliphatic heterocycles. The quantitative estimate of drug-likeness (QED) is 0.680. The molecule has 1 aliphatic rings. The van der Waals surface area contributed by atoms with Gasteiger partial charge in [0.2, 0.25) is 5.91 Å². The van der Waals surface area contributed by atoms with Gasteiger partial charge in [-0.05, 0) is 24.5 Å². The van der Waals surface area contributed by atoms with Crippen LogP contribution in [-0.2, 0) is 20.7 Å². The molecule has 0 spiro atoms. The molecule has 1 fully saturated rings. The molecule has 0 unspecified atom stereocenters. The lowest BCUT2D eigenvalue weighted by molar-refractivity contribution is -0.160. The van der Waals surface area contributed by atoms with E-state index >= 15 is 0 Å². The zero-order valence-electron chi connectivity index (χ0n) is 13.7. The third-order valence-electron chi connectivity index (χ3n) is 4.63. The van der Waals surface area contributed by atoms with Gasteiger partial charge in [0.25, 0.3) is 0 Å². The van der Waals surface area contributed by atoms with Crippen molar-refractivity contribution in [2.45, 2.75) is 19.3 Å². The molecule has 124 valence electrons. The third-order valence-corrected chi connectivity index (χ3v) is 4.63. The Hall–Kier alpha value is -2.62. The van der Waals surface area contributed by atoms with Crippen molar-refractivity contribution < 1.29 is 14.3 Å². The lowest BCUT2D eigenvalue weighted by Crippen LogP contribution is -2.45. The smallest absolute Gasteiger partial charge is 0.322 e. The van der Waals surface area contributed by atoms with Gasteiger partial charge in [-0.25, -0.2) is 0 Å². The number of hydrogen-bond acceptors (Lipinski definition) is 3. The molecule has 24 heavy (non-hydrogen) atoms. The highest BCUT2D eigenvalue weighted by Crippen LogP contribution is 2.44. The summed E-state index contributed by atoms with van der Waals surface area (Å²) in [6.45, 7) is 2.46. The Morgan fingerprint density at radius 2 is 1.75 bits per heavy atom. The molecule has 1 amide bonds. The number of esters is 1. The summed E-state index contributed by atoms with van der Waals surface area (Å²) in [5, 5.41) is 2.88. The number of hydrogen-bond donors (Lipinski definition) is 1. The molecule has 1 heterocycles. The standard InChI is InChI=1S/C20H21NO3/c1-2-24-19(23)20(13-15-9-5-3-6-10-15)17(14-21-18(20)22)16-11-7-4-8-12-16/h3-12,17H,2,13-14H2,1H3,(H,21,22)/t17-,20+/m1/s1. The average molecular weight is 323 g/mol. The van der Waals surface area contributed by atoms with Crippen LogP contribution in [0.2, 0.25) is 0 Å². The highest BCUT2D eigenvalue weighted by molar-refractivity contribution is 6.06. The predicted octanol–water partition coefficient (Wildman–Crippen LogP) is 2.69. The lowest BCUT2D eigenvalue weighted by atomic mass is 9.70. The zero-order valence-corrected chi connectivity index (χ0v) is 13.7. The second-order valence-corrected chi connectivity index (χ2v) is 6.03. The summed E-state index contributed by atoms with van der Waals surface area (Å²) in [4.78, 5) is 25.7. The number of benzene rings is 2. The number of amides is 1. The molecule has 1 saturated heterocycles. The van der Waals surface area contributed by atoms with E-state index in [0.29, 0.717) is 13.0 Å². The predicted molar refractivity (Wildman–Crippen MR) is 91.4 cm³/mol. The average Bonchev–Trinajstić information content (AvgIpc) is 2.94. The molecule has 2 atom stereocenters. The first-order valence-corrected chi connectivity index (χ1v) is 8.23. The van der Waals surface area contributed by atoms with Gasteiger partial charge in [-0.1, -0.05) is 60.7 Å². The summed E-state index contributed by atoms with van der Waals surface area (Å²) in [7, 11) is 0. The summed E-state index contributed by atoms with van der Waals surface area (Å²) in [6, 6.07) is 19.3. The molecule has 0 saturated carbocycles. The second kappa shape index (κ2) is 6.87. The molecule has 2 aromatic carbocycles. The van der Waals surface area contributed by atoms with E-state index in [4.69, 9.17) is 4.74 Å². The molecule has 0 radical (unpaired) electrons. The first kappa shape index (κ1) is 16.2. The van der Waals surface area contributed by atoms with E-state index in [1.807, 2.05) is 60.7 Å². The number of ether oxygens (including phenoxy) is 1. The molecule has 1 N–H and O–H groups in total. The van der Waals surface area contributed by atoms with Crippen molar-refractivity contribution in [3.05, 3.63) is 71.8 Å². The van der Waals surface area contributed by atoms with Crippen LogP contribution in [0.15, 0.2) is 60.7 Å². The van der Waals surface area contributed by atoms with Gasteiger partial charge in [0.1, 0.15) is 0 Å². The van der Waals surface area contributed by atoms with Crippen molar-refractivity contribution in [3.63, 3.8) is 0 Å². The van der Waals surface area contributed by atoms with Crippen LogP contribution in [-0.4, -0.2) is 25.0 Å². The number of nitrogens with one attached hydrogen (secondary N) is 1. The van der Waals surface area contributed by atoms with E-state index in [0.717, 1.165) is 11.1 Å². The van der Waals surface area contributed by atoms with Gasteiger partial charge in [0.05, 0.1) is 6.61 Å². The molecular weight excluding hydrogens is 302 g/mol. The summed E-state index contributed by atoms with van der Waals surface area (Å²) < 4.78 is 5.32. The van der Waals surface area contributed by atoms with Crippen molar-refractivity contribution in [2.24, 2.45) is 5.41 Å². The normalized spacial score (nSPS) is 22.9. The van der Waals surface area contributed by atoms with Crippen molar-refractivity contribution >= 4 is 11.9 Å². The minimum Gasteiger partial charge on any atom is -0.465 e. The first-order valence-electron chi connectivity index (χ1n) is 8.23. The summed E-state index contributed by atoms with van der Waals surface area (Å²) in [5.74, 6) is -0.943. The highest BCUT2D eigenvalue weighted by Gasteiger charge is 2.57. The maximum atomic E-state index is 12.9. The number of carbonyl (C=O) groups is 2. The Kier molecular flexibility index (Phi) is 4.65. The topological polar surface area (TPSA) is 55.4 Å². The van der Waals surface area contributed by atoms with Crippen LogP contribution < -0.4 is 5.32 Å². The summed E-state index contributed by atoms with van der Waals surface area (Å²) >= 11 is 0. The van der Waals surface area contributed by atoms with E-state index in [1.54, 1.807) is 6.92 Å². The van der Waals surface area contributed by atoms with Gasteiger partial charge in [-0.15, -0.1) is 0 Å². The summed E-state index contributed by atoms with van der Waals surface area (Å²) in [5.41, 5.74) is 0.696. The molecule has 0 aromatic heterocycles. The van der Waals surface area contributed by atoms with Gasteiger partial charge in [-0.2, -0.15) is 0 Å². The van der Waals surface area contributed by atoms with Gasteiger partial charge < -0.3 is 10.1 Å². The van der Waals surface area contributed by atoms with Crippen molar-refractivity contribution in [1.82, 2.24) is 5.32 Å². The molecule has 3 rings (SSSR count). The molecule has 4 nitrogen and oxygen atoms in total. The van der Waals surface area contributed by atoms with Crippen molar-refractivity contribution in [3.8, 4) is 0 Å². The Bertz CT molecular complexity index is 714. The lowest BCUT2D eigenvalue weighted by Gasteiger charge is -2.30. The maximum absolute atomic E-state index is 12.9. The fraction of sp³-hybridized carbons (Fsp3) is 0.300. The van der Waals surface area contributed by atoms with Crippen LogP contribution in [0.25, 0.3) is 0 Å². The van der Waals surface area contributed by atoms with Gasteiger partial charge in [-0.3, -0.25) is 9.59 Å². The monoisotopic (exact) mass is 323 g/mol. The Balaban J connectivity index is 2.07. The Morgan fingerprint density at radius 3 is 2.38 bits per heavy atom. The first-order chi connectivity index (χ1) is 11.7. The fourth-order valence-corrected chi connectivity index (χ4v) is 3.46. The Morgan fingerprint density at radius 1 is 1.12 bits per heavy atom. The molecule has 0 bridgehead atoms. The second-order valence-electron chi connectivity index (χ2n) is 6.03. The van der Waals surface area contributed by atoms with E-state index < -0.39 is 11.4 Å². The molecule has 2 aromatic rings. The molecule has 0 aliphatic carbocycles. The van der Waals surface area contributed by atoms with Gasteiger partial charge in [0.15, 0.2) is 5.41 Å². The maximum Gasteiger partial charge on any atom is 0.322 e. The highest BCUT2D eigenvalue weighted by atomic mass is 16.5. The van der Waals surface area contributed by atoms with Gasteiger partial charge in [0, 0.05) is 12.5 Å². The third kappa shape index (κ3) is 2.80. The minimum atomic E-state index is -1.22. The van der Waals surface area contributed by atoms with Crippen LogP contribution in [0.1, 0.15) is 24.0 Å². The van der Waals surface area contributed by atoms with Gasteiger partial charge >= 0.3 is 5.97 Å². The fourth-order valence-electron chi connectivity index (χ4n) is 3.46. The minimum absolute atomic E-state index is 0.245. The van der Waals surface area contributed by atoms with E-state index in [-0.39, 0.29) is 18.4 Å². The number of carbonyl (C=O) groups excluding carboxylic acids is 2. The largest absolute Gasteiger partial charge is 0.465 e. The van der Waals surface area contributed by atoms with Crippen LogP contribution in [0, 0.1) is 5.41 Å². The molecule has 4 heteroatoms. The van der Waals surface area contributed by atoms with E-state index in [2.05, 4.69) is 5.32 Å². The van der Waals surface area contributed by atoms with Crippen LogP contribution >= 0.6 is 0 Å². The van der Waals surface area contributed by atoms with Crippen LogP contribution in [0.5, 0.6) is 0 Å². The zero-order chi connectivity index (χ0) is 17.0. The van der Waals surface area contributed by atoms with Crippen molar-refractivity contribution in [1.29, 1.82) is 0 Å². The van der Waals surface area contributed by atoms with E-state index in [1.165, 1.54) is 0 Å². The summed E-state index contributed by atoms with van der Waals surface area (Å²) in [6.07, 6.45) is 0.331. The van der Waals surface area contributed by atoms with E-state index in [9.17, 15) is 9.59 Å². The SMILES string of the molecule is CCOC(=O)[C@]1(Cc2ccccc2)C(=O)NC[C@@H]1c1ccccc1. The molecular formula is C20H21NO3. The van der Waals surface area contributed by atoms with Crippen LogP contribution in [0.4, 0.5) is 0 Å². The Labute approximate surface area is 141 Å². The van der Waals surface area contributed by atoms with Crippen LogP contribution in [0.3, 0.4) is 0 Å². The van der Waals surface area contributed by atoms with Crippen molar-refractivity contribution in [2.75, 3.05) is 13.2 Å². The number of rotatable bonds is 5.